The number of hydrogen-bond acceptors (Lipinski definition) is 3. The van der Waals surface area contributed by atoms with Crippen molar-refractivity contribution in [2.45, 2.75) is 31.6 Å². The number of nitrogens with zero attached hydrogens (tertiary/aromatic N) is 1. The number of rotatable bonds is 6. The fourth-order valence-corrected chi connectivity index (χ4v) is 3.89. The van der Waals surface area contributed by atoms with E-state index >= 15 is 0 Å². The number of piperidine rings is 1. The SMILES string of the molecule is COCCCS(=O)(=O)N1CCC(C(C)Cl)CC1. The Morgan fingerprint density at radius 1 is 1.41 bits per heavy atom. The third-order valence-electron chi connectivity index (χ3n) is 3.29. The fraction of sp³-hybridized carbons (Fsp3) is 1.00. The van der Waals surface area contributed by atoms with Crippen LogP contribution in [-0.2, 0) is 14.8 Å². The smallest absolute Gasteiger partial charge is 0.214 e. The molecular formula is C11H22ClNO3S. The Kier molecular flexibility index (Phi) is 6.20. The zero-order valence-corrected chi connectivity index (χ0v) is 12.1. The van der Waals surface area contributed by atoms with E-state index in [0.717, 1.165) is 12.8 Å². The molecule has 4 nitrogen and oxygen atoms in total. The van der Waals surface area contributed by atoms with Crippen LogP contribution in [0.5, 0.6) is 0 Å². The molecule has 1 fully saturated rings. The summed E-state index contributed by atoms with van der Waals surface area (Å²) < 4.78 is 30.4. The quantitative estimate of drug-likeness (QED) is 0.550. The highest BCUT2D eigenvalue weighted by atomic mass is 35.5. The summed E-state index contributed by atoms with van der Waals surface area (Å²) in [6, 6.07) is 0. The van der Waals surface area contributed by atoms with Gasteiger partial charge in [-0.1, -0.05) is 0 Å². The third-order valence-corrected chi connectivity index (χ3v) is 5.61. The maximum Gasteiger partial charge on any atom is 0.214 e. The van der Waals surface area contributed by atoms with Gasteiger partial charge >= 0.3 is 0 Å². The highest BCUT2D eigenvalue weighted by Gasteiger charge is 2.29. The van der Waals surface area contributed by atoms with Crippen LogP contribution in [0.25, 0.3) is 0 Å². The second-order valence-electron chi connectivity index (χ2n) is 4.58. The molecule has 6 heteroatoms. The summed E-state index contributed by atoms with van der Waals surface area (Å²) in [7, 11) is -1.51. The molecule has 1 atom stereocenters. The molecule has 0 radical (unpaired) electrons. The van der Waals surface area contributed by atoms with E-state index in [9.17, 15) is 8.42 Å². The summed E-state index contributed by atoms with van der Waals surface area (Å²) in [4.78, 5) is 0. The Bertz CT molecular complexity index is 311. The van der Waals surface area contributed by atoms with Crippen LogP contribution in [0, 0.1) is 5.92 Å². The molecule has 0 N–H and O–H groups in total. The number of ether oxygens (including phenoxy) is 1. The maximum atomic E-state index is 12.0. The van der Waals surface area contributed by atoms with E-state index in [1.807, 2.05) is 6.92 Å². The highest BCUT2D eigenvalue weighted by molar-refractivity contribution is 7.89. The van der Waals surface area contributed by atoms with E-state index in [1.165, 1.54) is 0 Å². The van der Waals surface area contributed by atoms with Crippen LogP contribution in [0.1, 0.15) is 26.2 Å². The molecule has 1 aliphatic rings. The second kappa shape index (κ2) is 6.92. The van der Waals surface area contributed by atoms with Crippen LogP contribution in [0.2, 0.25) is 0 Å². The lowest BCUT2D eigenvalue weighted by atomic mass is 9.95. The van der Waals surface area contributed by atoms with E-state index in [0.29, 0.717) is 32.0 Å². The van der Waals surface area contributed by atoms with Crippen molar-refractivity contribution in [1.82, 2.24) is 4.31 Å². The van der Waals surface area contributed by atoms with Gasteiger partial charge in [0.25, 0.3) is 0 Å². The van der Waals surface area contributed by atoms with Gasteiger partial charge < -0.3 is 4.74 Å². The lowest BCUT2D eigenvalue weighted by molar-refractivity contribution is 0.198. The summed E-state index contributed by atoms with van der Waals surface area (Å²) in [6.07, 6.45) is 2.30. The molecule has 1 heterocycles. The van der Waals surface area contributed by atoms with Crippen molar-refractivity contribution in [3.05, 3.63) is 0 Å². The van der Waals surface area contributed by atoms with E-state index < -0.39 is 10.0 Å². The van der Waals surface area contributed by atoms with Gasteiger partial charge in [0.05, 0.1) is 5.75 Å². The number of methoxy groups -OCH3 is 1. The monoisotopic (exact) mass is 283 g/mol. The minimum Gasteiger partial charge on any atom is -0.385 e. The lowest BCUT2D eigenvalue weighted by Crippen LogP contribution is -2.41. The van der Waals surface area contributed by atoms with Crippen LogP contribution in [0.15, 0.2) is 0 Å². The zero-order valence-electron chi connectivity index (χ0n) is 10.6. The topological polar surface area (TPSA) is 46.6 Å². The number of alkyl halides is 1. The fourth-order valence-electron chi connectivity index (χ4n) is 2.13. The molecule has 0 saturated carbocycles. The largest absolute Gasteiger partial charge is 0.385 e. The van der Waals surface area contributed by atoms with Gasteiger partial charge in [0.1, 0.15) is 0 Å². The summed E-state index contributed by atoms with van der Waals surface area (Å²) in [5.74, 6) is 0.629. The third kappa shape index (κ3) is 4.73. The molecular weight excluding hydrogens is 262 g/mol. The van der Waals surface area contributed by atoms with Crippen LogP contribution in [0.3, 0.4) is 0 Å². The average Bonchev–Trinajstić information content (AvgIpc) is 2.29. The Labute approximate surface area is 109 Å². The first-order chi connectivity index (χ1) is 7.97. The van der Waals surface area contributed by atoms with Crippen LogP contribution in [-0.4, -0.2) is 50.7 Å². The van der Waals surface area contributed by atoms with Crippen molar-refractivity contribution in [3.8, 4) is 0 Å². The van der Waals surface area contributed by atoms with Gasteiger partial charge in [-0.15, -0.1) is 11.6 Å². The van der Waals surface area contributed by atoms with Crippen molar-refractivity contribution in [3.63, 3.8) is 0 Å². The predicted octanol–water partition coefficient (Wildman–Crippen LogP) is 1.69. The molecule has 1 unspecified atom stereocenters. The second-order valence-corrected chi connectivity index (χ2v) is 7.35. The van der Waals surface area contributed by atoms with Gasteiger partial charge in [0, 0.05) is 32.2 Å². The van der Waals surface area contributed by atoms with Gasteiger partial charge in [-0.3, -0.25) is 0 Å². The molecule has 1 saturated heterocycles. The first-order valence-corrected chi connectivity index (χ1v) is 8.12. The van der Waals surface area contributed by atoms with Crippen molar-refractivity contribution in [2.24, 2.45) is 5.92 Å². The molecule has 102 valence electrons. The average molecular weight is 284 g/mol. The Morgan fingerprint density at radius 2 is 2.00 bits per heavy atom. The van der Waals surface area contributed by atoms with E-state index in [2.05, 4.69) is 0 Å². The van der Waals surface area contributed by atoms with Gasteiger partial charge in [0.15, 0.2) is 0 Å². The highest BCUT2D eigenvalue weighted by Crippen LogP contribution is 2.25. The summed E-state index contributed by atoms with van der Waals surface area (Å²) in [6.45, 7) is 3.69. The van der Waals surface area contributed by atoms with Gasteiger partial charge in [0.2, 0.25) is 10.0 Å². The molecule has 1 aliphatic heterocycles. The first kappa shape index (κ1) is 15.2. The van der Waals surface area contributed by atoms with E-state index in [1.54, 1.807) is 11.4 Å². The molecule has 17 heavy (non-hydrogen) atoms. The number of hydrogen-bond donors (Lipinski definition) is 0. The van der Waals surface area contributed by atoms with Crippen molar-refractivity contribution < 1.29 is 13.2 Å². The molecule has 1 rings (SSSR count). The van der Waals surface area contributed by atoms with Crippen LogP contribution < -0.4 is 0 Å². The molecule has 0 spiro atoms. The molecule has 0 aromatic carbocycles. The van der Waals surface area contributed by atoms with E-state index in [-0.39, 0.29) is 11.1 Å². The van der Waals surface area contributed by atoms with Crippen molar-refractivity contribution in [2.75, 3.05) is 32.6 Å². The molecule has 0 aromatic rings. The number of sulfonamides is 1. The normalized spacial score (nSPS) is 21.6. The van der Waals surface area contributed by atoms with Gasteiger partial charge in [-0.2, -0.15) is 0 Å². The van der Waals surface area contributed by atoms with Crippen molar-refractivity contribution >= 4 is 21.6 Å². The Morgan fingerprint density at radius 3 is 2.47 bits per heavy atom. The Hall–Kier alpha value is 0.160. The minimum atomic E-state index is -3.09. The summed E-state index contributed by atoms with van der Waals surface area (Å²) in [5, 5.41) is 0.133. The minimum absolute atomic E-state index is 0.133. The molecule has 0 amide bonds. The summed E-state index contributed by atoms with van der Waals surface area (Å²) in [5.41, 5.74) is 0. The van der Waals surface area contributed by atoms with Gasteiger partial charge in [-0.05, 0) is 32.1 Å². The molecule has 0 bridgehead atoms. The van der Waals surface area contributed by atoms with E-state index in [4.69, 9.17) is 16.3 Å². The predicted molar refractivity (Wildman–Crippen MR) is 69.9 cm³/mol. The Balaban J connectivity index is 2.41. The lowest BCUT2D eigenvalue weighted by Gasteiger charge is -2.32. The molecule has 0 aliphatic carbocycles. The zero-order chi connectivity index (χ0) is 12.9. The van der Waals surface area contributed by atoms with Crippen LogP contribution in [0.4, 0.5) is 0 Å². The first-order valence-electron chi connectivity index (χ1n) is 6.08. The van der Waals surface area contributed by atoms with Gasteiger partial charge in [-0.25, -0.2) is 12.7 Å². The maximum absolute atomic E-state index is 12.0. The summed E-state index contributed by atoms with van der Waals surface area (Å²) >= 11 is 6.04. The van der Waals surface area contributed by atoms with Crippen molar-refractivity contribution in [1.29, 1.82) is 0 Å². The number of halogens is 1. The standard InChI is InChI=1S/C11H22ClNO3S/c1-10(12)11-4-6-13(7-5-11)17(14,15)9-3-8-16-2/h10-11H,3-9H2,1-2H3. The molecule has 0 aromatic heterocycles. The van der Waals surface area contributed by atoms with Crippen LogP contribution >= 0.6 is 11.6 Å².